The van der Waals surface area contributed by atoms with E-state index in [0.29, 0.717) is 29.1 Å². The first kappa shape index (κ1) is 15.1. The second-order valence-corrected chi connectivity index (χ2v) is 5.98. The fourth-order valence-electron chi connectivity index (χ4n) is 2.93. The first-order valence-electron chi connectivity index (χ1n) is 7.78. The van der Waals surface area contributed by atoms with Crippen molar-refractivity contribution in [3.05, 3.63) is 64.1 Å². The van der Waals surface area contributed by atoms with E-state index in [2.05, 4.69) is 20.2 Å². The number of aromatic amines is 1. The molecule has 0 amide bonds. The maximum atomic E-state index is 12.4. The smallest absolute Gasteiger partial charge is 0.262 e. The molecule has 0 radical (unpaired) electrons. The number of H-pyrrole nitrogens is 1. The first-order valence-corrected chi connectivity index (χ1v) is 7.78. The molecule has 1 aromatic carbocycles. The van der Waals surface area contributed by atoms with Gasteiger partial charge in [-0.25, -0.2) is 9.67 Å². The van der Waals surface area contributed by atoms with Gasteiger partial charge in [-0.1, -0.05) is 6.07 Å². The van der Waals surface area contributed by atoms with Gasteiger partial charge in [0.15, 0.2) is 5.65 Å². The molecule has 4 aromatic rings. The summed E-state index contributed by atoms with van der Waals surface area (Å²) in [6.07, 6.45) is 5.03. The molecule has 25 heavy (non-hydrogen) atoms. The van der Waals surface area contributed by atoms with Crippen LogP contribution in [0.4, 0.5) is 0 Å². The molecule has 0 aliphatic carbocycles. The summed E-state index contributed by atoms with van der Waals surface area (Å²) >= 11 is 0. The Morgan fingerprint density at radius 2 is 2.12 bits per heavy atom. The number of nitrogens with zero attached hydrogens (tertiary/aromatic N) is 5. The largest absolute Gasteiger partial charge is 0.506 e. The molecule has 0 aliphatic rings. The molecule has 8 nitrogen and oxygen atoms in total. The molecule has 0 unspecified atom stereocenters. The minimum Gasteiger partial charge on any atom is -0.506 e. The van der Waals surface area contributed by atoms with Crippen LogP contribution in [0.5, 0.6) is 5.75 Å². The predicted octanol–water partition coefficient (Wildman–Crippen LogP) is 1.68. The van der Waals surface area contributed by atoms with Gasteiger partial charge < -0.3 is 10.1 Å². The fraction of sp³-hybridized carbons (Fsp3) is 0.176. The van der Waals surface area contributed by atoms with Gasteiger partial charge in [0, 0.05) is 18.6 Å². The molecule has 0 bridgehead atoms. The monoisotopic (exact) mass is 336 g/mol. The molecule has 0 spiro atoms. The summed E-state index contributed by atoms with van der Waals surface area (Å²) in [5, 5.41) is 19.1. The van der Waals surface area contributed by atoms with E-state index in [9.17, 15) is 9.90 Å². The van der Waals surface area contributed by atoms with Crippen LogP contribution in [0.15, 0.2) is 41.6 Å². The highest BCUT2D eigenvalue weighted by molar-refractivity contribution is 5.74. The lowest BCUT2D eigenvalue weighted by atomic mass is 10.1. The van der Waals surface area contributed by atoms with Gasteiger partial charge in [0.2, 0.25) is 0 Å². The summed E-state index contributed by atoms with van der Waals surface area (Å²) in [6.45, 7) is 4.14. The van der Waals surface area contributed by atoms with Crippen molar-refractivity contribution >= 4 is 11.0 Å². The van der Waals surface area contributed by atoms with Crippen LogP contribution in [0.2, 0.25) is 0 Å². The SMILES string of the molecule is Cc1cc(C)c(-n2cc3c(=O)[nH]c(Cn4cccn4)nc3n2)c(O)c1. The molecule has 0 atom stereocenters. The number of aromatic hydroxyl groups is 1. The zero-order chi connectivity index (χ0) is 17.6. The van der Waals surface area contributed by atoms with E-state index in [1.165, 1.54) is 4.68 Å². The zero-order valence-electron chi connectivity index (χ0n) is 13.8. The van der Waals surface area contributed by atoms with Crippen LogP contribution in [-0.2, 0) is 6.54 Å². The molecular weight excluding hydrogens is 320 g/mol. The Hall–Kier alpha value is -3.42. The molecular formula is C17H16N6O2. The van der Waals surface area contributed by atoms with E-state index in [-0.39, 0.29) is 11.3 Å². The highest BCUT2D eigenvalue weighted by atomic mass is 16.3. The van der Waals surface area contributed by atoms with E-state index in [1.54, 1.807) is 35.4 Å². The Morgan fingerprint density at radius 1 is 1.28 bits per heavy atom. The van der Waals surface area contributed by atoms with Gasteiger partial charge in [0.05, 0.1) is 6.54 Å². The van der Waals surface area contributed by atoms with Crippen LogP contribution in [0, 0.1) is 13.8 Å². The molecule has 3 aromatic heterocycles. The van der Waals surface area contributed by atoms with Crippen molar-refractivity contribution in [2.24, 2.45) is 0 Å². The van der Waals surface area contributed by atoms with Crippen molar-refractivity contribution in [2.45, 2.75) is 20.4 Å². The number of aromatic nitrogens is 6. The average molecular weight is 336 g/mol. The molecule has 0 saturated carbocycles. The van der Waals surface area contributed by atoms with E-state index < -0.39 is 0 Å². The minimum absolute atomic E-state index is 0.110. The van der Waals surface area contributed by atoms with Crippen molar-refractivity contribution in [3.63, 3.8) is 0 Å². The molecule has 2 N–H and O–H groups in total. The summed E-state index contributed by atoms with van der Waals surface area (Å²) in [5.74, 6) is 0.579. The molecule has 126 valence electrons. The Balaban J connectivity index is 1.83. The third kappa shape index (κ3) is 2.67. The lowest BCUT2D eigenvalue weighted by Gasteiger charge is -2.09. The predicted molar refractivity (Wildman–Crippen MR) is 92.0 cm³/mol. The van der Waals surface area contributed by atoms with Crippen molar-refractivity contribution in [3.8, 4) is 11.4 Å². The zero-order valence-corrected chi connectivity index (χ0v) is 13.8. The Labute approximate surface area is 142 Å². The highest BCUT2D eigenvalue weighted by Gasteiger charge is 2.14. The van der Waals surface area contributed by atoms with Crippen LogP contribution < -0.4 is 5.56 Å². The number of rotatable bonds is 3. The second kappa shape index (κ2) is 5.59. The molecule has 0 fully saturated rings. The van der Waals surface area contributed by atoms with Gasteiger partial charge in [-0.05, 0) is 37.1 Å². The second-order valence-electron chi connectivity index (χ2n) is 5.98. The Morgan fingerprint density at radius 3 is 2.84 bits per heavy atom. The Bertz CT molecular complexity index is 1100. The molecule has 8 heteroatoms. The number of hydrogen-bond acceptors (Lipinski definition) is 5. The van der Waals surface area contributed by atoms with Gasteiger partial charge in [0.1, 0.15) is 22.6 Å². The lowest BCUT2D eigenvalue weighted by molar-refractivity contribution is 0.469. The van der Waals surface area contributed by atoms with Gasteiger partial charge in [0.25, 0.3) is 5.56 Å². The maximum Gasteiger partial charge on any atom is 0.262 e. The van der Waals surface area contributed by atoms with Crippen molar-refractivity contribution in [2.75, 3.05) is 0 Å². The summed E-state index contributed by atoms with van der Waals surface area (Å²) < 4.78 is 3.16. The van der Waals surface area contributed by atoms with Gasteiger partial charge in [-0.15, -0.1) is 5.10 Å². The number of aryl methyl sites for hydroxylation is 2. The topological polar surface area (TPSA) is 102 Å². The van der Waals surface area contributed by atoms with Gasteiger partial charge in [-0.3, -0.25) is 9.48 Å². The molecule has 4 rings (SSSR count). The van der Waals surface area contributed by atoms with Gasteiger partial charge >= 0.3 is 0 Å². The molecule has 0 aliphatic heterocycles. The number of fused-ring (bicyclic) bond motifs is 1. The summed E-state index contributed by atoms with van der Waals surface area (Å²) in [4.78, 5) is 19.5. The summed E-state index contributed by atoms with van der Waals surface area (Å²) in [6, 6.07) is 5.41. The Kier molecular flexibility index (Phi) is 3.38. The number of hydrogen-bond donors (Lipinski definition) is 2. The van der Waals surface area contributed by atoms with Crippen LogP contribution in [-0.4, -0.2) is 34.6 Å². The van der Waals surface area contributed by atoms with Crippen molar-refractivity contribution in [1.29, 1.82) is 0 Å². The number of nitrogens with one attached hydrogen (secondary N) is 1. The minimum atomic E-state index is -0.275. The number of benzene rings is 1. The fourth-order valence-corrected chi connectivity index (χ4v) is 2.93. The summed E-state index contributed by atoms with van der Waals surface area (Å²) in [7, 11) is 0. The van der Waals surface area contributed by atoms with Crippen LogP contribution in [0.25, 0.3) is 16.7 Å². The average Bonchev–Trinajstić information content (AvgIpc) is 3.16. The highest BCUT2D eigenvalue weighted by Crippen LogP contribution is 2.27. The van der Waals surface area contributed by atoms with Crippen LogP contribution in [0.3, 0.4) is 0 Å². The third-order valence-electron chi connectivity index (χ3n) is 3.96. The lowest BCUT2D eigenvalue weighted by Crippen LogP contribution is -2.14. The normalized spacial score (nSPS) is 11.3. The van der Waals surface area contributed by atoms with Crippen molar-refractivity contribution < 1.29 is 5.11 Å². The summed E-state index contributed by atoms with van der Waals surface area (Å²) in [5.41, 5.74) is 2.40. The number of phenols is 1. The van der Waals surface area contributed by atoms with E-state index in [4.69, 9.17) is 0 Å². The molecule has 0 saturated heterocycles. The third-order valence-corrected chi connectivity index (χ3v) is 3.96. The first-order chi connectivity index (χ1) is 12.0. The molecule has 3 heterocycles. The standard InChI is InChI=1S/C17H16N6O2/c1-10-6-11(2)15(13(24)7-10)23-8-12-16(21-23)19-14(20-17(12)25)9-22-5-3-4-18-22/h3-8,24H,9H2,1-2H3,(H,19,20,21,25). The van der Waals surface area contributed by atoms with Crippen LogP contribution >= 0.6 is 0 Å². The quantitative estimate of drug-likeness (QED) is 0.593. The van der Waals surface area contributed by atoms with Gasteiger partial charge in [-0.2, -0.15) is 5.10 Å². The van der Waals surface area contributed by atoms with E-state index in [1.807, 2.05) is 19.9 Å². The van der Waals surface area contributed by atoms with Crippen molar-refractivity contribution in [1.82, 2.24) is 29.5 Å². The van der Waals surface area contributed by atoms with E-state index >= 15 is 0 Å². The van der Waals surface area contributed by atoms with Crippen LogP contribution in [0.1, 0.15) is 17.0 Å². The van der Waals surface area contributed by atoms with E-state index in [0.717, 1.165) is 11.1 Å². The number of phenolic OH excluding ortho intramolecular Hbond substituents is 1. The maximum absolute atomic E-state index is 12.4.